The van der Waals surface area contributed by atoms with Crippen LogP contribution in [0.15, 0.2) is 36.5 Å². The molecule has 0 radical (unpaired) electrons. The summed E-state index contributed by atoms with van der Waals surface area (Å²) in [6.45, 7) is 4.73. The lowest BCUT2D eigenvalue weighted by molar-refractivity contribution is -0.153. The second-order valence-corrected chi connectivity index (χ2v) is 6.24. The van der Waals surface area contributed by atoms with Gasteiger partial charge >= 0.3 is 12.1 Å². The van der Waals surface area contributed by atoms with E-state index in [4.69, 9.17) is 9.84 Å². The fourth-order valence-corrected chi connectivity index (χ4v) is 2.60. The molecule has 0 aliphatic heterocycles. The lowest BCUT2D eigenvalue weighted by Gasteiger charge is -2.24. The Morgan fingerprint density at radius 1 is 1.26 bits per heavy atom. The van der Waals surface area contributed by atoms with Gasteiger partial charge in [0.1, 0.15) is 11.6 Å². The summed E-state index contributed by atoms with van der Waals surface area (Å²) in [4.78, 5) is 16.9. The van der Waals surface area contributed by atoms with Gasteiger partial charge in [-0.05, 0) is 36.6 Å². The lowest BCUT2D eigenvalue weighted by Crippen LogP contribution is -2.21. The number of halogens is 3. The van der Waals surface area contributed by atoms with Crippen LogP contribution in [0.2, 0.25) is 0 Å². The molecule has 0 unspecified atom stereocenters. The Kier molecular flexibility index (Phi) is 6.30. The summed E-state index contributed by atoms with van der Waals surface area (Å²) in [7, 11) is 0. The molecule has 0 aliphatic rings. The Balaban J connectivity index is 2.38. The number of anilines is 2. The van der Waals surface area contributed by atoms with Crippen LogP contribution in [0, 0.1) is 0 Å². The van der Waals surface area contributed by atoms with Crippen molar-refractivity contribution < 1.29 is 27.8 Å². The third kappa shape index (κ3) is 5.35. The third-order valence-electron chi connectivity index (χ3n) is 3.91. The number of hydrogen-bond acceptors (Lipinski definition) is 4. The van der Waals surface area contributed by atoms with Gasteiger partial charge in [-0.2, -0.15) is 13.2 Å². The van der Waals surface area contributed by atoms with Crippen molar-refractivity contribution >= 4 is 17.5 Å². The predicted octanol–water partition coefficient (Wildman–Crippen LogP) is 5.00. The quantitative estimate of drug-likeness (QED) is 0.730. The van der Waals surface area contributed by atoms with Crippen molar-refractivity contribution in [2.45, 2.75) is 32.9 Å². The zero-order valence-corrected chi connectivity index (χ0v) is 15.2. The number of benzene rings is 1. The van der Waals surface area contributed by atoms with Crippen molar-refractivity contribution in [3.05, 3.63) is 47.7 Å². The largest absolute Gasteiger partial charge is 0.484 e. The first-order valence-corrected chi connectivity index (χ1v) is 8.42. The lowest BCUT2D eigenvalue weighted by atomic mass is 10.0. The van der Waals surface area contributed by atoms with Gasteiger partial charge in [0, 0.05) is 24.5 Å². The molecule has 1 heterocycles. The van der Waals surface area contributed by atoms with E-state index < -0.39 is 18.8 Å². The van der Waals surface area contributed by atoms with Gasteiger partial charge in [0.15, 0.2) is 6.61 Å². The average molecular weight is 382 g/mol. The highest BCUT2D eigenvalue weighted by Gasteiger charge is 2.29. The normalized spacial score (nSPS) is 11.5. The van der Waals surface area contributed by atoms with Gasteiger partial charge in [-0.15, -0.1) is 0 Å². The van der Waals surface area contributed by atoms with Gasteiger partial charge in [-0.3, -0.25) is 0 Å². The highest BCUT2D eigenvalue weighted by molar-refractivity contribution is 5.87. The summed E-state index contributed by atoms with van der Waals surface area (Å²) in [5.41, 5.74) is 1.34. The first-order chi connectivity index (χ1) is 12.6. The molecule has 2 rings (SSSR count). The minimum absolute atomic E-state index is 0.00895. The molecule has 0 atom stereocenters. The van der Waals surface area contributed by atoms with Crippen molar-refractivity contribution in [3.8, 4) is 5.75 Å². The predicted molar refractivity (Wildman–Crippen MR) is 96.0 cm³/mol. The van der Waals surface area contributed by atoms with E-state index in [1.807, 2.05) is 20.8 Å². The summed E-state index contributed by atoms with van der Waals surface area (Å²) in [6.07, 6.45) is -3.19. The summed E-state index contributed by atoms with van der Waals surface area (Å²) in [5, 5.41) is 8.97. The maximum absolute atomic E-state index is 12.6. The van der Waals surface area contributed by atoms with E-state index in [1.165, 1.54) is 12.3 Å². The number of aromatic carboxylic acids is 1. The second kappa shape index (κ2) is 8.28. The smallest absolute Gasteiger partial charge is 0.422 e. The molecular formula is C19H21F3N2O3. The van der Waals surface area contributed by atoms with Crippen LogP contribution in [-0.2, 0) is 0 Å². The van der Waals surface area contributed by atoms with E-state index in [0.717, 1.165) is 0 Å². The minimum Gasteiger partial charge on any atom is -0.484 e. The van der Waals surface area contributed by atoms with Crippen LogP contribution >= 0.6 is 0 Å². The molecule has 8 heteroatoms. The molecule has 1 aromatic carbocycles. The van der Waals surface area contributed by atoms with E-state index in [9.17, 15) is 18.0 Å². The van der Waals surface area contributed by atoms with Crippen LogP contribution in [0.1, 0.15) is 42.6 Å². The van der Waals surface area contributed by atoms with E-state index in [-0.39, 0.29) is 17.2 Å². The monoisotopic (exact) mass is 382 g/mol. The minimum atomic E-state index is -4.43. The highest BCUT2D eigenvalue weighted by Crippen LogP contribution is 2.34. The Hall–Kier alpha value is -2.77. The number of carbonyl (C=O) groups is 1. The molecule has 0 aliphatic carbocycles. The zero-order valence-electron chi connectivity index (χ0n) is 15.2. The Morgan fingerprint density at radius 3 is 2.44 bits per heavy atom. The summed E-state index contributed by atoms with van der Waals surface area (Å²) < 4.78 is 42.8. The molecule has 0 bridgehead atoms. The maximum Gasteiger partial charge on any atom is 0.422 e. The molecule has 0 fully saturated rings. The molecule has 0 amide bonds. The number of carboxylic acid groups (broad SMARTS) is 1. The summed E-state index contributed by atoms with van der Waals surface area (Å²) in [6, 6.07) is 8.06. The average Bonchev–Trinajstić information content (AvgIpc) is 2.60. The first-order valence-electron chi connectivity index (χ1n) is 8.42. The van der Waals surface area contributed by atoms with E-state index in [0.29, 0.717) is 23.6 Å². The molecule has 0 saturated heterocycles. The molecule has 27 heavy (non-hydrogen) atoms. The number of alkyl halides is 3. The third-order valence-corrected chi connectivity index (χ3v) is 3.91. The SMILES string of the molecule is CCN(c1ccc(C(C)C)c(OCC(F)(F)F)c1)c1ccc(C(=O)O)cn1. The number of nitrogens with zero attached hydrogens (tertiary/aromatic N) is 2. The molecule has 2 aromatic rings. The van der Waals surface area contributed by atoms with Crippen molar-refractivity contribution in [1.82, 2.24) is 4.98 Å². The fourth-order valence-electron chi connectivity index (χ4n) is 2.60. The Labute approximate surface area is 155 Å². The van der Waals surface area contributed by atoms with Gasteiger partial charge < -0.3 is 14.7 Å². The van der Waals surface area contributed by atoms with Crippen LogP contribution in [0.4, 0.5) is 24.7 Å². The number of ether oxygens (including phenoxy) is 1. The van der Waals surface area contributed by atoms with Gasteiger partial charge in [0.05, 0.1) is 5.56 Å². The van der Waals surface area contributed by atoms with Crippen molar-refractivity contribution in [1.29, 1.82) is 0 Å². The van der Waals surface area contributed by atoms with E-state index in [1.54, 1.807) is 29.2 Å². The van der Waals surface area contributed by atoms with Crippen molar-refractivity contribution in [2.24, 2.45) is 0 Å². The number of pyridine rings is 1. The van der Waals surface area contributed by atoms with E-state index >= 15 is 0 Å². The molecule has 0 saturated carbocycles. The second-order valence-electron chi connectivity index (χ2n) is 6.24. The van der Waals surface area contributed by atoms with Gasteiger partial charge in [-0.25, -0.2) is 9.78 Å². The Bertz CT molecular complexity index is 790. The van der Waals surface area contributed by atoms with Crippen LogP contribution in [-0.4, -0.2) is 35.4 Å². The molecule has 146 valence electrons. The number of aromatic nitrogens is 1. The van der Waals surface area contributed by atoms with Gasteiger partial charge in [0.2, 0.25) is 0 Å². The van der Waals surface area contributed by atoms with E-state index in [2.05, 4.69) is 4.98 Å². The van der Waals surface area contributed by atoms with Gasteiger partial charge in [0.25, 0.3) is 0 Å². The Morgan fingerprint density at radius 2 is 1.96 bits per heavy atom. The standard InChI is InChI=1S/C19H21F3N2O3/c1-4-24(17-8-5-13(10-23-17)18(25)26)14-6-7-15(12(2)3)16(9-14)27-11-19(20,21)22/h5-10,12H,4,11H2,1-3H3,(H,25,26). The number of hydrogen-bond donors (Lipinski definition) is 1. The fraction of sp³-hybridized carbons (Fsp3) is 0.368. The van der Waals surface area contributed by atoms with Crippen LogP contribution in [0.5, 0.6) is 5.75 Å². The maximum atomic E-state index is 12.6. The first kappa shape index (κ1) is 20.5. The molecule has 1 N–H and O–H groups in total. The van der Waals surface area contributed by atoms with Crippen LogP contribution in [0.25, 0.3) is 0 Å². The molecular weight excluding hydrogens is 361 g/mol. The van der Waals surface area contributed by atoms with Crippen molar-refractivity contribution in [3.63, 3.8) is 0 Å². The van der Waals surface area contributed by atoms with Crippen molar-refractivity contribution in [2.75, 3.05) is 18.1 Å². The van der Waals surface area contributed by atoms with Crippen LogP contribution < -0.4 is 9.64 Å². The zero-order chi connectivity index (χ0) is 20.2. The number of rotatable bonds is 7. The topological polar surface area (TPSA) is 62.7 Å². The molecule has 5 nitrogen and oxygen atoms in total. The van der Waals surface area contributed by atoms with Crippen LogP contribution in [0.3, 0.4) is 0 Å². The number of carboxylic acids is 1. The molecule has 1 aromatic heterocycles. The summed E-state index contributed by atoms with van der Waals surface area (Å²) in [5.74, 6) is -0.437. The van der Waals surface area contributed by atoms with Gasteiger partial charge in [-0.1, -0.05) is 19.9 Å². The summed E-state index contributed by atoms with van der Waals surface area (Å²) >= 11 is 0. The highest BCUT2D eigenvalue weighted by atomic mass is 19.4. The molecule has 0 spiro atoms.